The number of nitrogens with zero attached hydrogens (tertiary/aromatic N) is 1. The Morgan fingerprint density at radius 3 is 2.93 bits per heavy atom. The molecule has 0 bridgehead atoms. The molecule has 0 aliphatic rings. The van der Waals surface area contributed by atoms with E-state index in [0.717, 1.165) is 23.0 Å². The molecule has 0 unspecified atom stereocenters. The van der Waals surface area contributed by atoms with Crippen molar-refractivity contribution in [2.45, 2.75) is 20.1 Å². The lowest BCUT2D eigenvalue weighted by molar-refractivity contribution is 0.125. The molecular weight excluding hydrogens is 192 g/mol. The predicted molar refractivity (Wildman–Crippen MR) is 58.3 cm³/mol. The predicted octanol–water partition coefficient (Wildman–Crippen LogP) is 1.76. The van der Waals surface area contributed by atoms with E-state index in [2.05, 4.69) is 4.84 Å². The van der Waals surface area contributed by atoms with Gasteiger partial charge in [0, 0.05) is 23.7 Å². The number of phenolic OH excluding ortho intramolecular Hbond substituents is 1. The maximum absolute atomic E-state index is 9.77. The third-order valence-corrected chi connectivity index (χ3v) is 2.54. The molecule has 15 heavy (non-hydrogen) atoms. The van der Waals surface area contributed by atoms with Crippen molar-refractivity contribution in [2.75, 3.05) is 0 Å². The van der Waals surface area contributed by atoms with Crippen molar-refractivity contribution in [3.8, 4) is 5.75 Å². The number of benzene rings is 1. The van der Waals surface area contributed by atoms with Crippen LogP contribution in [0.25, 0.3) is 10.9 Å². The number of fused-ring (bicyclic) bond motifs is 1. The van der Waals surface area contributed by atoms with Gasteiger partial charge in [-0.3, -0.25) is 4.84 Å². The third-order valence-electron chi connectivity index (χ3n) is 2.54. The van der Waals surface area contributed by atoms with E-state index in [1.165, 1.54) is 0 Å². The van der Waals surface area contributed by atoms with Gasteiger partial charge in [-0.25, -0.2) is 5.90 Å². The van der Waals surface area contributed by atoms with Gasteiger partial charge in [-0.2, -0.15) is 0 Å². The Balaban J connectivity index is 2.69. The van der Waals surface area contributed by atoms with Crippen LogP contribution in [-0.4, -0.2) is 9.67 Å². The van der Waals surface area contributed by atoms with Crippen LogP contribution in [-0.2, 0) is 18.0 Å². The van der Waals surface area contributed by atoms with E-state index >= 15 is 0 Å². The van der Waals surface area contributed by atoms with Gasteiger partial charge in [-0.15, -0.1) is 0 Å². The fourth-order valence-corrected chi connectivity index (χ4v) is 1.87. The van der Waals surface area contributed by atoms with Gasteiger partial charge in [0.05, 0.1) is 12.1 Å². The monoisotopic (exact) mass is 206 g/mol. The highest BCUT2D eigenvalue weighted by Gasteiger charge is 2.10. The van der Waals surface area contributed by atoms with Crippen LogP contribution in [0.15, 0.2) is 24.4 Å². The van der Waals surface area contributed by atoms with Crippen LogP contribution in [0, 0.1) is 0 Å². The molecule has 4 nitrogen and oxygen atoms in total. The Morgan fingerprint density at radius 1 is 1.47 bits per heavy atom. The number of aryl methyl sites for hydroxylation is 1. The zero-order chi connectivity index (χ0) is 10.8. The van der Waals surface area contributed by atoms with Crippen LogP contribution in [0.5, 0.6) is 5.75 Å². The molecule has 2 rings (SSSR count). The second-order valence-electron chi connectivity index (χ2n) is 3.42. The minimum atomic E-state index is 0.289. The van der Waals surface area contributed by atoms with Gasteiger partial charge >= 0.3 is 0 Å². The van der Waals surface area contributed by atoms with Crippen LogP contribution < -0.4 is 5.90 Å². The number of aromatic hydroxyl groups is 1. The van der Waals surface area contributed by atoms with E-state index in [1.807, 2.05) is 29.8 Å². The average Bonchev–Trinajstić information content (AvgIpc) is 2.59. The zero-order valence-corrected chi connectivity index (χ0v) is 8.60. The Hall–Kier alpha value is -1.52. The number of hydrogen-bond acceptors (Lipinski definition) is 3. The molecule has 80 valence electrons. The topological polar surface area (TPSA) is 60.4 Å². The summed E-state index contributed by atoms with van der Waals surface area (Å²) in [7, 11) is 0. The molecule has 0 fully saturated rings. The number of rotatable bonds is 3. The molecule has 1 aromatic carbocycles. The lowest BCUT2D eigenvalue weighted by Crippen LogP contribution is -1.98. The fourth-order valence-electron chi connectivity index (χ4n) is 1.87. The third kappa shape index (κ3) is 1.58. The molecule has 1 aromatic heterocycles. The maximum Gasteiger partial charge on any atom is 0.139 e. The van der Waals surface area contributed by atoms with Crippen LogP contribution in [0.3, 0.4) is 0 Å². The fraction of sp³-hybridized carbons (Fsp3) is 0.273. The van der Waals surface area contributed by atoms with Crippen molar-refractivity contribution in [3.63, 3.8) is 0 Å². The van der Waals surface area contributed by atoms with Crippen molar-refractivity contribution in [3.05, 3.63) is 30.0 Å². The minimum Gasteiger partial charge on any atom is -0.506 e. The average molecular weight is 206 g/mol. The summed E-state index contributed by atoms with van der Waals surface area (Å²) < 4.78 is 1.99. The Morgan fingerprint density at radius 2 is 2.27 bits per heavy atom. The molecule has 0 radical (unpaired) electrons. The van der Waals surface area contributed by atoms with E-state index < -0.39 is 0 Å². The van der Waals surface area contributed by atoms with E-state index in [1.54, 1.807) is 6.07 Å². The van der Waals surface area contributed by atoms with E-state index in [4.69, 9.17) is 5.90 Å². The first-order chi connectivity index (χ1) is 7.27. The van der Waals surface area contributed by atoms with Crippen LogP contribution in [0.2, 0.25) is 0 Å². The summed E-state index contributed by atoms with van der Waals surface area (Å²) in [4.78, 5) is 4.64. The molecule has 0 saturated carbocycles. The van der Waals surface area contributed by atoms with Crippen LogP contribution in [0.1, 0.15) is 12.5 Å². The lowest BCUT2D eigenvalue weighted by atomic mass is 10.2. The largest absolute Gasteiger partial charge is 0.506 e. The molecule has 0 aliphatic carbocycles. The van der Waals surface area contributed by atoms with Crippen molar-refractivity contribution < 1.29 is 9.94 Å². The Bertz CT molecular complexity index is 477. The van der Waals surface area contributed by atoms with Gasteiger partial charge in [-0.05, 0) is 13.0 Å². The molecule has 2 aromatic rings. The Kier molecular flexibility index (Phi) is 2.62. The summed E-state index contributed by atoms with van der Waals surface area (Å²) in [5, 5.41) is 10.8. The number of hydrogen-bond donors (Lipinski definition) is 2. The van der Waals surface area contributed by atoms with Crippen molar-refractivity contribution in [1.82, 2.24) is 4.57 Å². The number of aromatic nitrogens is 1. The first-order valence-corrected chi connectivity index (χ1v) is 4.89. The molecule has 0 amide bonds. The normalized spacial score (nSPS) is 11.1. The molecule has 0 saturated heterocycles. The van der Waals surface area contributed by atoms with Gasteiger partial charge in [0.2, 0.25) is 0 Å². The van der Waals surface area contributed by atoms with Gasteiger partial charge < -0.3 is 9.67 Å². The maximum atomic E-state index is 9.77. The van der Waals surface area contributed by atoms with E-state index in [0.29, 0.717) is 6.61 Å². The SMILES string of the molecule is CCn1cc(CON)c2cccc(O)c21. The van der Waals surface area contributed by atoms with Gasteiger partial charge in [-0.1, -0.05) is 12.1 Å². The number of nitrogens with two attached hydrogens (primary N) is 1. The molecule has 1 heterocycles. The quantitative estimate of drug-likeness (QED) is 0.752. The molecule has 0 aliphatic heterocycles. The van der Waals surface area contributed by atoms with Gasteiger partial charge in [0.25, 0.3) is 0 Å². The lowest BCUT2D eigenvalue weighted by Gasteiger charge is -2.01. The molecule has 0 spiro atoms. The van der Waals surface area contributed by atoms with Crippen LogP contribution >= 0.6 is 0 Å². The highest BCUT2D eigenvalue weighted by molar-refractivity contribution is 5.88. The van der Waals surface area contributed by atoms with Crippen LogP contribution in [0.4, 0.5) is 0 Å². The molecule has 0 atom stereocenters. The van der Waals surface area contributed by atoms with Gasteiger partial charge in [0.1, 0.15) is 5.75 Å². The highest BCUT2D eigenvalue weighted by Crippen LogP contribution is 2.29. The van der Waals surface area contributed by atoms with E-state index in [9.17, 15) is 5.11 Å². The minimum absolute atomic E-state index is 0.289. The summed E-state index contributed by atoms with van der Waals surface area (Å²) >= 11 is 0. The first-order valence-electron chi connectivity index (χ1n) is 4.89. The molecule has 3 N–H and O–H groups in total. The van der Waals surface area contributed by atoms with Crippen molar-refractivity contribution in [2.24, 2.45) is 5.90 Å². The smallest absolute Gasteiger partial charge is 0.139 e. The number of phenols is 1. The molecular formula is C11H14N2O2. The molecule has 4 heteroatoms. The second-order valence-corrected chi connectivity index (χ2v) is 3.42. The number of para-hydroxylation sites is 1. The van der Waals surface area contributed by atoms with Crippen molar-refractivity contribution >= 4 is 10.9 Å². The summed E-state index contributed by atoms with van der Waals surface area (Å²) in [6.07, 6.45) is 1.96. The highest BCUT2D eigenvalue weighted by atomic mass is 16.6. The standard InChI is InChI=1S/C11H14N2O2/c1-2-13-6-8(7-15-12)9-4-3-5-10(14)11(9)13/h3-6,14H,2,7,12H2,1H3. The van der Waals surface area contributed by atoms with Gasteiger partial charge in [0.15, 0.2) is 0 Å². The Labute approximate surface area is 87.8 Å². The zero-order valence-electron chi connectivity index (χ0n) is 8.60. The van der Waals surface area contributed by atoms with Crippen molar-refractivity contribution in [1.29, 1.82) is 0 Å². The summed E-state index contributed by atoms with van der Waals surface area (Å²) in [6.45, 7) is 3.19. The summed E-state index contributed by atoms with van der Waals surface area (Å²) in [5.74, 6) is 5.36. The second kappa shape index (κ2) is 3.92. The summed E-state index contributed by atoms with van der Waals surface area (Å²) in [6, 6.07) is 5.45. The van der Waals surface area contributed by atoms with E-state index in [-0.39, 0.29) is 5.75 Å². The summed E-state index contributed by atoms with van der Waals surface area (Å²) in [5.41, 5.74) is 1.83. The first kappa shape index (κ1) is 10.0.